The first-order chi connectivity index (χ1) is 15.3. The Kier molecular flexibility index (Phi) is 7.69. The van der Waals surface area contributed by atoms with E-state index in [4.69, 9.17) is 15.2 Å². The number of nitrogens with two attached hydrogens (primary N) is 1. The molecule has 1 heterocycles. The summed E-state index contributed by atoms with van der Waals surface area (Å²) in [6, 6.07) is 9.68. The predicted octanol–water partition coefficient (Wildman–Crippen LogP) is 4.33. The summed E-state index contributed by atoms with van der Waals surface area (Å²) in [5, 5.41) is 0. The molecule has 1 aromatic heterocycles. The molecule has 2 N–H and O–H groups in total. The van der Waals surface area contributed by atoms with E-state index in [0.29, 0.717) is 36.8 Å². The predicted molar refractivity (Wildman–Crippen MR) is 127 cm³/mol. The van der Waals surface area contributed by atoms with Crippen LogP contribution in [0, 0.1) is 5.41 Å². The SMILES string of the molecule is CCCCOc1c2c(c(=O)n(CC(C)(C)C)c1CN)C=CC(OCc1ccccc1)C2=O. The van der Waals surface area contributed by atoms with E-state index in [1.54, 1.807) is 16.7 Å². The minimum atomic E-state index is -0.778. The van der Waals surface area contributed by atoms with Gasteiger partial charge in [-0.25, -0.2) is 0 Å². The molecular formula is C26H34N2O4. The number of Topliss-reactive ketones (excluding diaryl/α,β-unsaturated/α-hetero) is 1. The van der Waals surface area contributed by atoms with E-state index in [2.05, 4.69) is 27.7 Å². The van der Waals surface area contributed by atoms with E-state index in [1.807, 2.05) is 30.3 Å². The zero-order valence-electron chi connectivity index (χ0n) is 19.5. The van der Waals surface area contributed by atoms with Gasteiger partial charge in [-0.15, -0.1) is 0 Å². The van der Waals surface area contributed by atoms with Crippen molar-refractivity contribution < 1.29 is 14.3 Å². The Bertz CT molecular complexity index is 1030. The first-order valence-corrected chi connectivity index (χ1v) is 11.3. The number of carbonyl (C=O) groups is 1. The average Bonchev–Trinajstić information content (AvgIpc) is 2.76. The standard InChI is InChI=1S/C26H34N2O4/c1-5-6-14-31-24-20(15-27)28(17-26(2,3)4)25(30)19-12-13-21(23(29)22(19)24)32-16-18-10-8-7-9-11-18/h7-13,21H,5-6,14-17,27H2,1-4H3. The van der Waals surface area contributed by atoms with Crippen molar-refractivity contribution in [2.45, 2.75) is 66.3 Å². The normalized spacial score (nSPS) is 15.7. The summed E-state index contributed by atoms with van der Waals surface area (Å²) in [7, 11) is 0. The van der Waals surface area contributed by atoms with Crippen molar-refractivity contribution in [2.75, 3.05) is 6.61 Å². The molecule has 0 fully saturated rings. The third-order valence-electron chi connectivity index (χ3n) is 5.34. The van der Waals surface area contributed by atoms with E-state index in [9.17, 15) is 9.59 Å². The van der Waals surface area contributed by atoms with Crippen molar-refractivity contribution in [2.24, 2.45) is 11.1 Å². The lowest BCUT2D eigenvalue weighted by molar-refractivity contribution is 0.0505. The second-order valence-corrected chi connectivity index (χ2v) is 9.36. The van der Waals surface area contributed by atoms with Gasteiger partial charge in [0.1, 0.15) is 6.10 Å². The Hall–Kier alpha value is -2.70. The van der Waals surface area contributed by atoms with Gasteiger partial charge in [0.25, 0.3) is 5.56 Å². The van der Waals surface area contributed by atoms with Crippen LogP contribution in [0.1, 0.15) is 67.7 Å². The summed E-state index contributed by atoms with van der Waals surface area (Å²) in [6.45, 7) is 9.59. The topological polar surface area (TPSA) is 83.6 Å². The maximum absolute atomic E-state index is 13.5. The van der Waals surface area contributed by atoms with Gasteiger partial charge in [-0.2, -0.15) is 0 Å². The largest absolute Gasteiger partial charge is 0.491 e. The first kappa shape index (κ1) is 24.0. The van der Waals surface area contributed by atoms with Crippen molar-refractivity contribution >= 4 is 11.9 Å². The summed E-state index contributed by atoms with van der Waals surface area (Å²) in [4.78, 5) is 26.9. The molecule has 172 valence electrons. The van der Waals surface area contributed by atoms with Gasteiger partial charge in [-0.05, 0) is 29.6 Å². The van der Waals surface area contributed by atoms with Crippen molar-refractivity contribution in [3.8, 4) is 5.75 Å². The Morgan fingerprint density at radius 1 is 1.12 bits per heavy atom. The lowest BCUT2D eigenvalue weighted by Gasteiger charge is -2.28. The average molecular weight is 439 g/mol. The summed E-state index contributed by atoms with van der Waals surface area (Å²) in [6.07, 6.45) is 4.38. The first-order valence-electron chi connectivity index (χ1n) is 11.3. The Morgan fingerprint density at radius 2 is 1.84 bits per heavy atom. The molecule has 0 radical (unpaired) electrons. The van der Waals surface area contributed by atoms with Crippen LogP contribution in [0.2, 0.25) is 0 Å². The van der Waals surface area contributed by atoms with E-state index < -0.39 is 6.10 Å². The van der Waals surface area contributed by atoms with Gasteiger partial charge in [-0.1, -0.05) is 64.4 Å². The fourth-order valence-corrected chi connectivity index (χ4v) is 3.79. The van der Waals surface area contributed by atoms with Crippen LogP contribution < -0.4 is 16.0 Å². The van der Waals surface area contributed by atoms with Crippen LogP contribution in [0.3, 0.4) is 0 Å². The van der Waals surface area contributed by atoms with E-state index >= 15 is 0 Å². The molecule has 1 aliphatic rings. The lowest BCUT2D eigenvalue weighted by atomic mass is 9.91. The number of pyridine rings is 1. The third-order valence-corrected chi connectivity index (χ3v) is 5.34. The van der Waals surface area contributed by atoms with Crippen LogP contribution >= 0.6 is 0 Å². The molecule has 0 spiro atoms. The van der Waals surface area contributed by atoms with Crippen molar-refractivity contribution in [1.82, 2.24) is 4.57 Å². The highest BCUT2D eigenvalue weighted by atomic mass is 16.5. The molecule has 0 saturated heterocycles. The molecular weight excluding hydrogens is 404 g/mol. The molecule has 6 nitrogen and oxygen atoms in total. The summed E-state index contributed by atoms with van der Waals surface area (Å²) >= 11 is 0. The maximum Gasteiger partial charge on any atom is 0.259 e. The van der Waals surface area contributed by atoms with Gasteiger partial charge in [0.2, 0.25) is 0 Å². The number of benzene rings is 1. The number of rotatable bonds is 9. The van der Waals surface area contributed by atoms with Gasteiger partial charge in [0, 0.05) is 13.1 Å². The smallest absolute Gasteiger partial charge is 0.259 e. The highest BCUT2D eigenvalue weighted by molar-refractivity contribution is 6.08. The molecule has 1 aliphatic carbocycles. The Balaban J connectivity index is 2.04. The van der Waals surface area contributed by atoms with Gasteiger partial charge in [0.05, 0.1) is 30.0 Å². The molecule has 1 atom stereocenters. The molecule has 0 aliphatic heterocycles. The highest BCUT2D eigenvalue weighted by Gasteiger charge is 2.33. The number of hydrogen-bond donors (Lipinski definition) is 1. The van der Waals surface area contributed by atoms with Crippen LogP contribution in [-0.4, -0.2) is 23.1 Å². The van der Waals surface area contributed by atoms with Crippen molar-refractivity contribution in [3.63, 3.8) is 0 Å². The second kappa shape index (κ2) is 10.3. The van der Waals surface area contributed by atoms with Crippen LogP contribution in [0.5, 0.6) is 5.75 Å². The number of ether oxygens (including phenoxy) is 2. The fraction of sp³-hybridized carbons (Fsp3) is 0.462. The molecule has 0 bridgehead atoms. The minimum Gasteiger partial charge on any atom is -0.491 e. The van der Waals surface area contributed by atoms with Gasteiger partial charge < -0.3 is 19.8 Å². The van der Waals surface area contributed by atoms with Gasteiger partial charge >= 0.3 is 0 Å². The molecule has 32 heavy (non-hydrogen) atoms. The lowest BCUT2D eigenvalue weighted by Crippen LogP contribution is -2.37. The fourth-order valence-electron chi connectivity index (χ4n) is 3.79. The molecule has 3 rings (SSSR count). The highest BCUT2D eigenvalue weighted by Crippen LogP contribution is 2.32. The second-order valence-electron chi connectivity index (χ2n) is 9.36. The van der Waals surface area contributed by atoms with Crippen LogP contribution in [0.25, 0.3) is 6.08 Å². The number of hydrogen-bond acceptors (Lipinski definition) is 5. The van der Waals surface area contributed by atoms with Crippen molar-refractivity contribution in [1.29, 1.82) is 0 Å². The van der Waals surface area contributed by atoms with E-state index in [0.717, 1.165) is 18.4 Å². The quantitative estimate of drug-likeness (QED) is 0.589. The number of carbonyl (C=O) groups excluding carboxylic acids is 1. The molecule has 1 unspecified atom stereocenters. The van der Waals surface area contributed by atoms with Crippen molar-refractivity contribution in [3.05, 3.63) is 69.1 Å². The summed E-state index contributed by atoms with van der Waals surface area (Å²) in [5.41, 5.74) is 7.90. The monoisotopic (exact) mass is 438 g/mol. The number of aromatic nitrogens is 1. The minimum absolute atomic E-state index is 0.104. The van der Waals surface area contributed by atoms with Crippen LogP contribution in [-0.2, 0) is 24.4 Å². The molecule has 0 amide bonds. The van der Waals surface area contributed by atoms with Gasteiger partial charge in [0.15, 0.2) is 11.5 Å². The zero-order valence-corrected chi connectivity index (χ0v) is 19.5. The third kappa shape index (κ3) is 5.37. The number of fused-ring (bicyclic) bond motifs is 1. The van der Waals surface area contributed by atoms with Gasteiger partial charge in [-0.3, -0.25) is 9.59 Å². The van der Waals surface area contributed by atoms with Crippen LogP contribution in [0.15, 0.2) is 41.2 Å². The molecule has 6 heteroatoms. The number of ketones is 1. The zero-order chi connectivity index (χ0) is 23.3. The maximum atomic E-state index is 13.5. The van der Waals surface area contributed by atoms with E-state index in [1.165, 1.54) is 0 Å². The number of unbranched alkanes of at least 4 members (excludes halogenated alkanes) is 1. The molecule has 2 aromatic rings. The Morgan fingerprint density at radius 3 is 2.47 bits per heavy atom. The molecule has 1 aromatic carbocycles. The number of nitrogens with zero attached hydrogens (tertiary/aromatic N) is 1. The molecule has 0 saturated carbocycles. The van der Waals surface area contributed by atoms with Crippen LogP contribution in [0.4, 0.5) is 0 Å². The summed E-state index contributed by atoms with van der Waals surface area (Å²) < 4.78 is 13.7. The summed E-state index contributed by atoms with van der Waals surface area (Å²) in [5.74, 6) is 0.155. The Labute approximate surface area is 190 Å². The van der Waals surface area contributed by atoms with E-state index in [-0.39, 0.29) is 28.9 Å².